The molecule has 1 fully saturated rings. The highest BCUT2D eigenvalue weighted by atomic mass is 19.2. The Morgan fingerprint density at radius 2 is 1.38 bits per heavy atom. The van der Waals surface area contributed by atoms with Crippen LogP contribution < -0.4 is 0 Å². The van der Waals surface area contributed by atoms with Gasteiger partial charge in [-0.25, -0.2) is 17.6 Å². The maximum Gasteiger partial charge on any atom is 0.167 e. The molecule has 32 heavy (non-hydrogen) atoms. The van der Waals surface area contributed by atoms with Crippen molar-refractivity contribution in [1.29, 1.82) is 0 Å². The summed E-state index contributed by atoms with van der Waals surface area (Å²) in [5.74, 6) is -2.84. The fourth-order valence-corrected chi connectivity index (χ4v) is 5.50. The molecule has 0 aliphatic heterocycles. The van der Waals surface area contributed by atoms with Crippen LogP contribution in [0.25, 0.3) is 11.1 Å². The molecule has 0 N–H and O–H groups in total. The van der Waals surface area contributed by atoms with Gasteiger partial charge in [0.25, 0.3) is 0 Å². The molecule has 0 atom stereocenters. The molecule has 1 saturated carbocycles. The second-order valence-electron chi connectivity index (χ2n) is 9.58. The largest absolute Gasteiger partial charge is 0.203 e. The van der Waals surface area contributed by atoms with Gasteiger partial charge in [-0.05, 0) is 91.9 Å². The normalized spacial score (nSPS) is 19.7. The summed E-state index contributed by atoms with van der Waals surface area (Å²) in [6, 6.07) is 3.33. The Hall–Kier alpha value is -2.10. The molecule has 0 spiro atoms. The summed E-state index contributed by atoms with van der Waals surface area (Å²) in [5.41, 5.74) is 1.62. The standard InChI is InChI=1S/C28H32F4/c1-3-5-6-7-19-14-21-16-22-15-20(13-12-18-10-8-17(4-2)9-11-18)26(30)28(32)24(22)23(21)27(31)25(19)29/h4,14-15,17-18H,2-3,5-13,16H2,1H3. The molecule has 0 heterocycles. The lowest BCUT2D eigenvalue weighted by atomic mass is 9.79. The zero-order chi connectivity index (χ0) is 22.8. The van der Waals surface area contributed by atoms with Crippen LogP contribution >= 0.6 is 0 Å². The summed E-state index contributed by atoms with van der Waals surface area (Å²) in [6.45, 7) is 5.92. The minimum atomic E-state index is -1.04. The molecule has 4 heteroatoms. The number of benzene rings is 2. The fraction of sp³-hybridized carbons (Fsp3) is 0.500. The van der Waals surface area contributed by atoms with E-state index in [2.05, 4.69) is 13.5 Å². The molecule has 0 radical (unpaired) electrons. The van der Waals surface area contributed by atoms with E-state index in [0.717, 1.165) is 51.4 Å². The molecule has 2 aromatic rings. The van der Waals surface area contributed by atoms with Crippen molar-refractivity contribution in [3.05, 3.63) is 70.3 Å². The van der Waals surface area contributed by atoms with Gasteiger partial charge in [-0.1, -0.05) is 38.0 Å². The van der Waals surface area contributed by atoms with E-state index in [4.69, 9.17) is 0 Å². The van der Waals surface area contributed by atoms with Crippen molar-refractivity contribution in [2.24, 2.45) is 11.8 Å². The average molecular weight is 445 g/mol. The van der Waals surface area contributed by atoms with Gasteiger partial charge in [-0.2, -0.15) is 0 Å². The molecule has 0 amide bonds. The van der Waals surface area contributed by atoms with Crippen molar-refractivity contribution in [3.8, 4) is 11.1 Å². The zero-order valence-corrected chi connectivity index (χ0v) is 18.9. The minimum Gasteiger partial charge on any atom is -0.203 e. The quantitative estimate of drug-likeness (QED) is 0.186. The third-order valence-electron chi connectivity index (χ3n) is 7.45. The van der Waals surface area contributed by atoms with Crippen molar-refractivity contribution in [2.75, 3.05) is 0 Å². The third kappa shape index (κ3) is 4.38. The van der Waals surface area contributed by atoms with E-state index in [1.54, 1.807) is 12.1 Å². The van der Waals surface area contributed by atoms with Crippen molar-refractivity contribution in [3.63, 3.8) is 0 Å². The summed E-state index contributed by atoms with van der Waals surface area (Å²) in [7, 11) is 0. The summed E-state index contributed by atoms with van der Waals surface area (Å²) < 4.78 is 59.6. The zero-order valence-electron chi connectivity index (χ0n) is 18.9. The van der Waals surface area contributed by atoms with E-state index in [1.807, 2.05) is 6.08 Å². The highest BCUT2D eigenvalue weighted by Crippen LogP contribution is 2.44. The molecule has 0 unspecified atom stereocenters. The molecule has 2 aliphatic rings. The number of aryl methyl sites for hydroxylation is 2. The van der Waals surface area contributed by atoms with Crippen LogP contribution in [0.15, 0.2) is 24.8 Å². The maximum absolute atomic E-state index is 15.1. The number of rotatable bonds is 8. The maximum atomic E-state index is 15.1. The number of unbranched alkanes of at least 4 members (excludes halogenated alkanes) is 2. The van der Waals surface area contributed by atoms with Gasteiger partial charge in [0.2, 0.25) is 0 Å². The van der Waals surface area contributed by atoms with E-state index in [0.29, 0.717) is 53.4 Å². The first kappa shape index (κ1) is 23.1. The van der Waals surface area contributed by atoms with E-state index >= 15 is 4.39 Å². The molecular weight excluding hydrogens is 412 g/mol. The van der Waals surface area contributed by atoms with Gasteiger partial charge in [0.1, 0.15) is 0 Å². The van der Waals surface area contributed by atoms with Crippen LogP contribution in [0.5, 0.6) is 0 Å². The Morgan fingerprint density at radius 1 is 0.812 bits per heavy atom. The molecule has 4 rings (SSSR count). The summed E-state index contributed by atoms with van der Waals surface area (Å²) in [4.78, 5) is 0. The molecule has 0 nitrogen and oxygen atoms in total. The van der Waals surface area contributed by atoms with Crippen LogP contribution in [-0.4, -0.2) is 0 Å². The Labute approximate surface area is 188 Å². The number of halogens is 4. The number of hydrogen-bond acceptors (Lipinski definition) is 0. The van der Waals surface area contributed by atoms with Crippen LogP contribution in [0.3, 0.4) is 0 Å². The topological polar surface area (TPSA) is 0 Å². The smallest absolute Gasteiger partial charge is 0.167 e. The van der Waals surface area contributed by atoms with Crippen LogP contribution in [0.4, 0.5) is 17.6 Å². The fourth-order valence-electron chi connectivity index (χ4n) is 5.50. The third-order valence-corrected chi connectivity index (χ3v) is 7.45. The molecular formula is C28H32F4. The van der Waals surface area contributed by atoms with Crippen LogP contribution in [0, 0.1) is 35.1 Å². The molecule has 0 aromatic heterocycles. The SMILES string of the molecule is C=CC1CCC(CCc2cc3c(c(F)c2F)-c2c(cc(CCCCC)c(F)c2F)C3)CC1. The summed E-state index contributed by atoms with van der Waals surface area (Å²) in [6.07, 6.45) is 11.2. The number of allylic oxidation sites excluding steroid dienone is 1. The van der Waals surface area contributed by atoms with Gasteiger partial charge >= 0.3 is 0 Å². The predicted molar refractivity (Wildman–Crippen MR) is 122 cm³/mol. The summed E-state index contributed by atoms with van der Waals surface area (Å²) in [5, 5.41) is 0. The first-order valence-corrected chi connectivity index (χ1v) is 12.1. The van der Waals surface area contributed by atoms with Crippen molar-refractivity contribution in [1.82, 2.24) is 0 Å². The minimum absolute atomic E-state index is 0.0933. The van der Waals surface area contributed by atoms with E-state index in [9.17, 15) is 13.2 Å². The Bertz CT molecular complexity index is 999. The van der Waals surface area contributed by atoms with Crippen molar-refractivity contribution >= 4 is 0 Å². The first-order chi connectivity index (χ1) is 15.4. The summed E-state index contributed by atoms with van der Waals surface area (Å²) >= 11 is 0. The first-order valence-electron chi connectivity index (χ1n) is 12.1. The van der Waals surface area contributed by atoms with Crippen LogP contribution in [0.1, 0.15) is 80.5 Å². The monoisotopic (exact) mass is 444 g/mol. The van der Waals surface area contributed by atoms with E-state index < -0.39 is 23.3 Å². The lowest BCUT2D eigenvalue weighted by Crippen LogP contribution is -2.14. The number of hydrogen-bond donors (Lipinski definition) is 0. The number of fused-ring (bicyclic) bond motifs is 3. The highest BCUT2D eigenvalue weighted by molar-refractivity contribution is 5.79. The van der Waals surface area contributed by atoms with E-state index in [-0.39, 0.29) is 11.1 Å². The van der Waals surface area contributed by atoms with Gasteiger partial charge in [-0.15, -0.1) is 6.58 Å². The van der Waals surface area contributed by atoms with Crippen molar-refractivity contribution < 1.29 is 17.6 Å². The molecule has 172 valence electrons. The van der Waals surface area contributed by atoms with Gasteiger partial charge in [-0.3, -0.25) is 0 Å². The predicted octanol–water partition coefficient (Wildman–Crippen LogP) is 8.47. The Kier molecular flexibility index (Phi) is 7.07. The van der Waals surface area contributed by atoms with Crippen molar-refractivity contribution in [2.45, 2.75) is 77.6 Å². The molecule has 0 saturated heterocycles. The molecule has 2 aliphatic carbocycles. The van der Waals surface area contributed by atoms with E-state index in [1.165, 1.54) is 0 Å². The second-order valence-corrected chi connectivity index (χ2v) is 9.58. The van der Waals surface area contributed by atoms with Gasteiger partial charge in [0.15, 0.2) is 23.3 Å². The van der Waals surface area contributed by atoms with Gasteiger partial charge in [0.05, 0.1) is 0 Å². The van der Waals surface area contributed by atoms with Crippen LogP contribution in [-0.2, 0) is 19.3 Å². The Morgan fingerprint density at radius 3 is 1.91 bits per heavy atom. The lowest BCUT2D eigenvalue weighted by Gasteiger charge is -2.26. The molecule has 2 aromatic carbocycles. The Balaban J connectivity index is 1.56. The van der Waals surface area contributed by atoms with Gasteiger partial charge < -0.3 is 0 Å². The second kappa shape index (κ2) is 9.80. The van der Waals surface area contributed by atoms with Gasteiger partial charge in [0, 0.05) is 11.1 Å². The molecule has 0 bridgehead atoms. The van der Waals surface area contributed by atoms with Crippen LogP contribution in [0.2, 0.25) is 0 Å². The lowest BCUT2D eigenvalue weighted by molar-refractivity contribution is 0.295. The average Bonchev–Trinajstić information content (AvgIpc) is 3.17. The highest BCUT2D eigenvalue weighted by Gasteiger charge is 2.32.